The third-order valence-electron chi connectivity index (χ3n) is 5.12. The molecule has 0 spiro atoms. The van der Waals surface area contributed by atoms with Crippen molar-refractivity contribution in [3.63, 3.8) is 0 Å². The van der Waals surface area contributed by atoms with Crippen molar-refractivity contribution in [3.05, 3.63) is 59.2 Å². The van der Waals surface area contributed by atoms with E-state index in [1.165, 1.54) is 6.07 Å². The molecular formula is C22H26F3N3O3. The number of hydrogen-bond donors (Lipinski definition) is 2. The van der Waals surface area contributed by atoms with Crippen LogP contribution in [0, 0.1) is 0 Å². The van der Waals surface area contributed by atoms with Gasteiger partial charge >= 0.3 is 12.2 Å². The molecule has 9 heteroatoms. The average molecular weight is 437 g/mol. The maximum atomic E-state index is 12.8. The lowest BCUT2D eigenvalue weighted by Crippen LogP contribution is -2.45. The molecule has 0 radical (unpaired) electrons. The molecule has 0 saturated heterocycles. The molecule has 1 aliphatic rings. The Morgan fingerprint density at radius 3 is 2.65 bits per heavy atom. The lowest BCUT2D eigenvalue weighted by Gasteiger charge is -2.25. The minimum atomic E-state index is -4.38. The second-order valence-corrected chi connectivity index (χ2v) is 7.56. The Bertz CT molecular complexity index is 903. The van der Waals surface area contributed by atoms with Crippen LogP contribution in [0.4, 0.5) is 18.0 Å². The molecule has 0 aliphatic carbocycles. The Morgan fingerprint density at radius 2 is 1.90 bits per heavy atom. The number of carbonyl (C=O) groups excluding carboxylic acids is 1. The summed E-state index contributed by atoms with van der Waals surface area (Å²) in [4.78, 5) is 14.2. The second-order valence-electron chi connectivity index (χ2n) is 7.56. The standard InChI is InChI=1S/C22H26F3N3O3/c1-28(2)18(12-16-6-4-8-19-20(16)31-14-30-19)13-27-21(29)26-10-9-15-5-3-7-17(11-15)22(23,24)25/h3-8,11,18H,9-10,12-14H2,1-2H3,(H2,26,27,29)/t18-/m0/s1. The second kappa shape index (κ2) is 9.91. The summed E-state index contributed by atoms with van der Waals surface area (Å²) in [6, 6.07) is 10.5. The first-order chi connectivity index (χ1) is 14.7. The summed E-state index contributed by atoms with van der Waals surface area (Å²) in [5, 5.41) is 5.52. The van der Waals surface area contributed by atoms with E-state index in [-0.39, 0.29) is 25.4 Å². The van der Waals surface area contributed by atoms with Gasteiger partial charge in [-0.15, -0.1) is 0 Å². The number of fused-ring (bicyclic) bond motifs is 1. The van der Waals surface area contributed by atoms with Gasteiger partial charge in [0, 0.05) is 19.1 Å². The highest BCUT2D eigenvalue weighted by Crippen LogP contribution is 2.36. The quantitative estimate of drug-likeness (QED) is 0.664. The SMILES string of the molecule is CN(C)[C@H](CNC(=O)NCCc1cccc(C(F)(F)F)c1)Cc1cccc2c1OCO2. The maximum absolute atomic E-state index is 12.8. The summed E-state index contributed by atoms with van der Waals surface area (Å²) in [5.41, 5.74) is 0.826. The van der Waals surface area contributed by atoms with Gasteiger partial charge in [-0.3, -0.25) is 0 Å². The van der Waals surface area contributed by atoms with E-state index < -0.39 is 11.7 Å². The topological polar surface area (TPSA) is 62.8 Å². The van der Waals surface area contributed by atoms with Gasteiger partial charge in [-0.2, -0.15) is 13.2 Å². The summed E-state index contributed by atoms with van der Waals surface area (Å²) < 4.78 is 49.3. The van der Waals surface area contributed by atoms with E-state index in [1.807, 2.05) is 37.2 Å². The molecule has 31 heavy (non-hydrogen) atoms. The molecule has 0 unspecified atom stereocenters. The van der Waals surface area contributed by atoms with Gasteiger partial charge in [0.1, 0.15) is 0 Å². The molecule has 168 valence electrons. The van der Waals surface area contributed by atoms with E-state index in [2.05, 4.69) is 10.6 Å². The first kappa shape index (κ1) is 22.7. The highest BCUT2D eigenvalue weighted by atomic mass is 19.4. The number of ether oxygens (including phenoxy) is 2. The van der Waals surface area contributed by atoms with Crippen molar-refractivity contribution in [1.29, 1.82) is 0 Å². The zero-order valence-corrected chi connectivity index (χ0v) is 17.5. The largest absolute Gasteiger partial charge is 0.454 e. The van der Waals surface area contributed by atoms with Crippen LogP contribution in [0.5, 0.6) is 11.5 Å². The highest BCUT2D eigenvalue weighted by Gasteiger charge is 2.30. The molecule has 0 saturated carbocycles. The Hall–Kier alpha value is -2.94. The van der Waals surface area contributed by atoms with Crippen LogP contribution in [-0.4, -0.2) is 51.0 Å². The fourth-order valence-corrected chi connectivity index (χ4v) is 3.34. The predicted octanol–water partition coefficient (Wildman–Crippen LogP) is 3.45. The van der Waals surface area contributed by atoms with Crippen LogP contribution in [0.3, 0.4) is 0 Å². The molecule has 2 aromatic carbocycles. The van der Waals surface area contributed by atoms with E-state index in [1.54, 1.807) is 6.07 Å². The normalized spacial score (nSPS) is 13.9. The fraction of sp³-hybridized carbons (Fsp3) is 0.409. The Labute approximate surface area is 179 Å². The van der Waals surface area contributed by atoms with Gasteiger partial charge in [-0.05, 0) is 50.2 Å². The van der Waals surface area contributed by atoms with E-state index in [0.29, 0.717) is 24.9 Å². The summed E-state index contributed by atoms with van der Waals surface area (Å²) >= 11 is 0. The van der Waals surface area contributed by atoms with Crippen molar-refractivity contribution in [2.24, 2.45) is 0 Å². The molecule has 3 rings (SSSR count). The van der Waals surface area contributed by atoms with Crippen molar-refractivity contribution >= 4 is 6.03 Å². The molecule has 0 fully saturated rings. The first-order valence-corrected chi connectivity index (χ1v) is 9.96. The number of urea groups is 1. The van der Waals surface area contributed by atoms with E-state index >= 15 is 0 Å². The molecule has 1 aliphatic heterocycles. The van der Waals surface area contributed by atoms with Crippen LogP contribution in [0.25, 0.3) is 0 Å². The van der Waals surface area contributed by atoms with Gasteiger partial charge < -0.3 is 25.0 Å². The lowest BCUT2D eigenvalue weighted by atomic mass is 10.0. The molecule has 1 atom stereocenters. The van der Waals surface area contributed by atoms with Crippen LogP contribution in [-0.2, 0) is 19.0 Å². The Balaban J connectivity index is 1.47. The molecule has 6 nitrogen and oxygen atoms in total. The summed E-state index contributed by atoms with van der Waals surface area (Å²) in [6.45, 7) is 0.829. The molecular weight excluding hydrogens is 411 g/mol. The zero-order chi connectivity index (χ0) is 22.4. The van der Waals surface area contributed by atoms with Gasteiger partial charge in [0.05, 0.1) is 5.56 Å². The number of benzene rings is 2. The fourth-order valence-electron chi connectivity index (χ4n) is 3.34. The maximum Gasteiger partial charge on any atom is 0.416 e. The minimum Gasteiger partial charge on any atom is -0.454 e. The van der Waals surface area contributed by atoms with Crippen molar-refractivity contribution in [2.45, 2.75) is 25.1 Å². The predicted molar refractivity (Wildman–Crippen MR) is 110 cm³/mol. The average Bonchev–Trinajstić information content (AvgIpc) is 3.20. The first-order valence-electron chi connectivity index (χ1n) is 9.96. The van der Waals surface area contributed by atoms with E-state index in [4.69, 9.17) is 9.47 Å². The number of alkyl halides is 3. The number of halogens is 3. The molecule has 2 N–H and O–H groups in total. The zero-order valence-electron chi connectivity index (χ0n) is 17.5. The smallest absolute Gasteiger partial charge is 0.416 e. The Kier molecular flexibility index (Phi) is 7.27. The molecule has 2 amide bonds. The van der Waals surface area contributed by atoms with Crippen molar-refractivity contribution in [3.8, 4) is 11.5 Å². The van der Waals surface area contributed by atoms with Gasteiger partial charge in [0.25, 0.3) is 0 Å². The van der Waals surface area contributed by atoms with Crippen molar-refractivity contribution in [2.75, 3.05) is 34.0 Å². The number of nitrogens with one attached hydrogen (secondary N) is 2. The van der Waals surface area contributed by atoms with Crippen molar-refractivity contribution in [1.82, 2.24) is 15.5 Å². The van der Waals surface area contributed by atoms with E-state index in [0.717, 1.165) is 29.2 Å². The van der Waals surface area contributed by atoms with Crippen molar-refractivity contribution < 1.29 is 27.4 Å². The van der Waals surface area contributed by atoms with Crippen LogP contribution < -0.4 is 20.1 Å². The molecule has 2 aromatic rings. The number of likely N-dealkylation sites (N-methyl/N-ethyl adjacent to an activating group) is 1. The summed E-state index contributed by atoms with van der Waals surface area (Å²) in [5.74, 6) is 1.45. The minimum absolute atomic E-state index is 0.0184. The van der Waals surface area contributed by atoms with Gasteiger partial charge in [-0.1, -0.05) is 30.3 Å². The number of para-hydroxylation sites is 1. The Morgan fingerprint density at radius 1 is 1.13 bits per heavy atom. The monoisotopic (exact) mass is 437 g/mol. The van der Waals surface area contributed by atoms with Crippen LogP contribution in [0.2, 0.25) is 0 Å². The third-order valence-corrected chi connectivity index (χ3v) is 5.12. The highest BCUT2D eigenvalue weighted by molar-refractivity contribution is 5.73. The number of rotatable bonds is 8. The number of nitrogens with zero attached hydrogens (tertiary/aromatic N) is 1. The van der Waals surface area contributed by atoms with Crippen LogP contribution >= 0.6 is 0 Å². The third kappa shape index (κ3) is 6.27. The number of hydrogen-bond acceptors (Lipinski definition) is 4. The summed E-state index contributed by atoms with van der Waals surface area (Å²) in [6.07, 6.45) is -3.41. The molecule has 0 aromatic heterocycles. The molecule has 1 heterocycles. The van der Waals surface area contributed by atoms with Gasteiger partial charge in [-0.25, -0.2) is 4.79 Å². The van der Waals surface area contributed by atoms with Gasteiger partial charge in [0.2, 0.25) is 6.79 Å². The molecule has 0 bridgehead atoms. The number of carbonyl (C=O) groups is 1. The summed E-state index contributed by atoms with van der Waals surface area (Å²) in [7, 11) is 3.86. The van der Waals surface area contributed by atoms with Crippen LogP contribution in [0.1, 0.15) is 16.7 Å². The van der Waals surface area contributed by atoms with Crippen LogP contribution in [0.15, 0.2) is 42.5 Å². The van der Waals surface area contributed by atoms with Gasteiger partial charge in [0.15, 0.2) is 11.5 Å². The van der Waals surface area contributed by atoms with E-state index in [9.17, 15) is 18.0 Å². The lowest BCUT2D eigenvalue weighted by molar-refractivity contribution is -0.137. The number of amides is 2.